The largest absolute Gasteiger partial charge is 0.508 e. The molecule has 0 amide bonds. The molecule has 1 unspecified atom stereocenters. The van der Waals surface area contributed by atoms with Crippen molar-refractivity contribution in [1.29, 1.82) is 0 Å². The summed E-state index contributed by atoms with van der Waals surface area (Å²) < 4.78 is 19.2. The van der Waals surface area contributed by atoms with Crippen molar-refractivity contribution in [3.63, 3.8) is 0 Å². The fourth-order valence-electron chi connectivity index (χ4n) is 2.53. The number of aliphatic hydroxyl groups excluding tert-OH is 1. The smallest absolute Gasteiger partial charge is 0.303 e. The monoisotopic (exact) mass is 392 g/mol. The lowest BCUT2D eigenvalue weighted by Crippen LogP contribution is -2.49. The molecule has 142 valence electrons. The zero-order valence-electron chi connectivity index (χ0n) is 14.4. The number of nitrogens with zero attached hydrogens (tertiary/aromatic N) is 1. The van der Waals surface area contributed by atoms with Crippen LogP contribution in [0.4, 0.5) is 10.1 Å². The van der Waals surface area contributed by atoms with Crippen LogP contribution in [0, 0.1) is 5.82 Å². The molecule has 27 heavy (non-hydrogen) atoms. The molecule has 3 rings (SSSR count). The minimum absolute atomic E-state index is 0.00551. The Morgan fingerprint density at radius 3 is 2.70 bits per heavy atom. The lowest BCUT2D eigenvalue weighted by Gasteiger charge is -2.24. The second kappa shape index (κ2) is 7.49. The Bertz CT molecular complexity index is 904. The van der Waals surface area contributed by atoms with Crippen LogP contribution >= 0.6 is 11.8 Å². The quantitative estimate of drug-likeness (QED) is 0.287. The predicted molar refractivity (Wildman–Crippen MR) is 100 cm³/mol. The van der Waals surface area contributed by atoms with E-state index in [1.165, 1.54) is 42.5 Å². The summed E-state index contributed by atoms with van der Waals surface area (Å²) in [5.74, 6) is -0.255. The van der Waals surface area contributed by atoms with Gasteiger partial charge in [0.05, 0.1) is 17.4 Å². The minimum Gasteiger partial charge on any atom is -0.508 e. The minimum atomic E-state index is -1.70. The molecule has 2 aromatic carbocycles. The van der Waals surface area contributed by atoms with E-state index >= 15 is 0 Å². The van der Waals surface area contributed by atoms with Gasteiger partial charge < -0.3 is 15.2 Å². The summed E-state index contributed by atoms with van der Waals surface area (Å²) in [5.41, 5.74) is 3.60. The summed E-state index contributed by atoms with van der Waals surface area (Å²) in [4.78, 5) is -1.70. The Kier molecular flexibility index (Phi) is 5.29. The zero-order chi connectivity index (χ0) is 19.6. The van der Waals surface area contributed by atoms with Crippen LogP contribution in [0.15, 0.2) is 60.3 Å². The highest BCUT2D eigenvalue weighted by molar-refractivity contribution is 8.02. The van der Waals surface area contributed by atoms with Gasteiger partial charge >= 0.3 is 5.82 Å². The molecule has 0 bridgehead atoms. The van der Waals surface area contributed by atoms with Crippen LogP contribution in [-0.2, 0) is 0 Å². The summed E-state index contributed by atoms with van der Waals surface area (Å²) >= 11 is 1.21. The lowest BCUT2D eigenvalue weighted by atomic mass is 10.1. The number of halogens is 1. The van der Waals surface area contributed by atoms with Crippen LogP contribution in [0.3, 0.4) is 0 Å². The predicted octanol–water partition coefficient (Wildman–Crippen LogP) is 4.12. The van der Waals surface area contributed by atoms with Gasteiger partial charge in [-0.25, -0.2) is 4.39 Å². The second-order valence-corrected chi connectivity index (χ2v) is 6.74. The Balaban J connectivity index is 1.78. The number of rotatable bonds is 6. The van der Waals surface area contributed by atoms with Crippen molar-refractivity contribution in [2.75, 3.05) is 12.5 Å². The number of hydrogen-bond acceptors (Lipinski definition) is 7. The third kappa shape index (κ3) is 4.01. The maximum absolute atomic E-state index is 13.9. The Morgan fingerprint density at radius 2 is 2.04 bits per heavy atom. The first kappa shape index (κ1) is 19.1. The number of anilines is 1. The Labute approximate surface area is 159 Å². The van der Waals surface area contributed by atoms with Crippen molar-refractivity contribution in [1.82, 2.24) is 5.32 Å². The molecule has 1 heterocycles. The van der Waals surface area contributed by atoms with E-state index in [2.05, 4.69) is 17.3 Å². The molecule has 0 saturated carbocycles. The van der Waals surface area contributed by atoms with E-state index in [0.29, 0.717) is 11.1 Å². The van der Waals surface area contributed by atoms with E-state index in [1.54, 1.807) is 24.3 Å². The van der Waals surface area contributed by atoms with Crippen LogP contribution < -0.4 is 15.5 Å². The van der Waals surface area contributed by atoms with Gasteiger partial charge in [0.25, 0.3) is 0 Å². The van der Waals surface area contributed by atoms with Gasteiger partial charge in [0.2, 0.25) is 0 Å². The van der Waals surface area contributed by atoms with Crippen LogP contribution in [0.2, 0.25) is 0 Å². The molecular formula is C18H19FN3O4S+. The number of thioether (sulfide) groups is 1. The molecule has 1 aliphatic rings. The topological polar surface area (TPSA) is 94.0 Å². The maximum atomic E-state index is 13.9. The summed E-state index contributed by atoms with van der Waals surface area (Å²) in [5, 5.41) is 34.2. The molecule has 0 fully saturated rings. The second-order valence-electron chi connectivity index (χ2n) is 5.76. The van der Waals surface area contributed by atoms with E-state index in [4.69, 9.17) is 4.74 Å². The van der Waals surface area contributed by atoms with Gasteiger partial charge in [-0.05, 0) is 24.3 Å². The molecule has 0 radical (unpaired) electrons. The van der Waals surface area contributed by atoms with Gasteiger partial charge in [-0.15, -0.1) is 10.4 Å². The van der Waals surface area contributed by atoms with Crippen LogP contribution in [-0.4, -0.2) is 27.5 Å². The first-order valence-corrected chi connectivity index (χ1v) is 8.82. The highest BCUT2D eigenvalue weighted by Gasteiger charge is 2.38. The molecule has 0 aromatic heterocycles. The number of quaternary nitrogens is 1. The highest BCUT2D eigenvalue weighted by atomic mass is 32.2. The first-order valence-electron chi connectivity index (χ1n) is 7.88. The van der Waals surface area contributed by atoms with E-state index in [1.807, 2.05) is 0 Å². The number of aliphatic hydroxyl groups is 1. The molecule has 0 spiro atoms. The molecule has 7 nitrogen and oxygen atoms in total. The van der Waals surface area contributed by atoms with Crippen molar-refractivity contribution in [3.8, 4) is 5.75 Å². The van der Waals surface area contributed by atoms with Crippen molar-refractivity contribution in [2.24, 2.45) is 0 Å². The summed E-state index contributed by atoms with van der Waals surface area (Å²) in [7, 11) is 1.41. The number of ether oxygens (including phenoxy) is 1. The van der Waals surface area contributed by atoms with Crippen molar-refractivity contribution >= 4 is 23.2 Å². The van der Waals surface area contributed by atoms with Crippen molar-refractivity contribution < 1.29 is 29.6 Å². The van der Waals surface area contributed by atoms with E-state index in [9.17, 15) is 19.9 Å². The number of hydrogen-bond donors (Lipinski definition) is 5. The van der Waals surface area contributed by atoms with Crippen LogP contribution in [0.5, 0.6) is 5.75 Å². The third-order valence-electron chi connectivity index (χ3n) is 3.93. The van der Waals surface area contributed by atoms with E-state index in [-0.39, 0.29) is 28.8 Å². The van der Waals surface area contributed by atoms with Gasteiger partial charge in [-0.3, -0.25) is 0 Å². The summed E-state index contributed by atoms with van der Waals surface area (Å²) in [6, 6.07) is 10.8. The normalized spacial score (nSPS) is 16.4. The Hall–Kier alpha value is -2.72. The average molecular weight is 392 g/mol. The summed E-state index contributed by atoms with van der Waals surface area (Å²) in [6.45, 7) is 3.44. The lowest BCUT2D eigenvalue weighted by molar-refractivity contribution is -1.21. The molecule has 1 atom stereocenters. The highest BCUT2D eigenvalue weighted by Crippen LogP contribution is 2.38. The summed E-state index contributed by atoms with van der Waals surface area (Å²) in [6.07, 6.45) is 0. The SMILES string of the molecule is C=C(O)c1ccc(N[N+](O)(O)C2=CSC(c3ccccc3F)N2)c(OC)c1. The molecular weight excluding hydrogens is 373 g/mol. The third-order valence-corrected chi connectivity index (χ3v) is 4.93. The molecule has 1 aliphatic heterocycles. The van der Waals surface area contributed by atoms with Gasteiger partial charge in [0, 0.05) is 11.1 Å². The molecule has 2 aromatic rings. The molecule has 0 aliphatic carbocycles. The van der Waals surface area contributed by atoms with E-state index in [0.717, 1.165) is 0 Å². The average Bonchev–Trinajstić information content (AvgIpc) is 3.13. The van der Waals surface area contributed by atoms with Crippen LogP contribution in [0.25, 0.3) is 5.76 Å². The van der Waals surface area contributed by atoms with Crippen molar-refractivity contribution in [2.45, 2.75) is 5.37 Å². The number of benzene rings is 2. The standard InChI is InChI=1S/C18H18FN3O4S/c1-11(23)12-7-8-15(16(9-12)26-2)21-22(24,25)17-10-27-18(20-17)13-5-3-4-6-14(13)19/h3-10,18,20-21,24-25H,1H2,2H3/p+1. The van der Waals surface area contributed by atoms with E-state index < -0.39 is 10.3 Å². The fraction of sp³-hybridized carbons (Fsp3) is 0.111. The molecule has 9 heteroatoms. The molecule has 5 N–H and O–H groups in total. The number of methoxy groups -OCH3 is 1. The molecule has 0 saturated heterocycles. The van der Waals surface area contributed by atoms with Crippen LogP contribution in [0.1, 0.15) is 16.5 Å². The van der Waals surface area contributed by atoms with Gasteiger partial charge in [-0.1, -0.05) is 36.5 Å². The zero-order valence-corrected chi connectivity index (χ0v) is 15.2. The van der Waals surface area contributed by atoms with Gasteiger partial charge in [-0.2, -0.15) is 5.43 Å². The fourth-order valence-corrected chi connectivity index (χ4v) is 3.53. The number of nitrogens with one attached hydrogen (secondary N) is 2. The number of hydroxylamine groups is 2. The van der Waals surface area contributed by atoms with Crippen molar-refractivity contribution in [3.05, 3.63) is 77.2 Å². The maximum Gasteiger partial charge on any atom is 0.303 e. The Morgan fingerprint density at radius 1 is 1.30 bits per heavy atom. The van der Waals surface area contributed by atoms with Gasteiger partial charge in [0.15, 0.2) is 0 Å². The first-order chi connectivity index (χ1) is 12.8. The van der Waals surface area contributed by atoms with Gasteiger partial charge in [0.1, 0.15) is 28.4 Å².